The first-order valence-electron chi connectivity index (χ1n) is 6.07. The van der Waals surface area contributed by atoms with Crippen LogP contribution in [0.1, 0.15) is 25.8 Å². The summed E-state index contributed by atoms with van der Waals surface area (Å²) in [7, 11) is 0. The highest BCUT2D eigenvalue weighted by atomic mass is 16.5. The monoisotopic (exact) mass is 247 g/mol. The van der Waals surface area contributed by atoms with E-state index in [9.17, 15) is 0 Å². The van der Waals surface area contributed by atoms with Crippen LogP contribution in [0.25, 0.3) is 10.4 Å². The molecule has 0 bridgehead atoms. The summed E-state index contributed by atoms with van der Waals surface area (Å²) >= 11 is 0. The standard InChI is InChI=1S/C13H17N3O2/c1-13(2)9-10-5-3-6-11(12(10)18-13)17-8-4-7-15-16-14/h3,5-6H,4,7-9H2,1-2H3. The second kappa shape index (κ2) is 5.19. The topological polar surface area (TPSA) is 67.2 Å². The Kier molecular flexibility index (Phi) is 3.63. The summed E-state index contributed by atoms with van der Waals surface area (Å²) in [5, 5.41) is 3.47. The first-order valence-corrected chi connectivity index (χ1v) is 6.07. The summed E-state index contributed by atoms with van der Waals surface area (Å²) in [5.74, 6) is 1.63. The van der Waals surface area contributed by atoms with Gasteiger partial charge in [0.15, 0.2) is 11.5 Å². The molecule has 0 atom stereocenters. The van der Waals surface area contributed by atoms with Gasteiger partial charge in [-0.15, -0.1) is 0 Å². The van der Waals surface area contributed by atoms with Gasteiger partial charge in [-0.05, 0) is 31.9 Å². The van der Waals surface area contributed by atoms with Gasteiger partial charge < -0.3 is 9.47 Å². The number of benzene rings is 1. The number of rotatable bonds is 5. The molecule has 0 N–H and O–H groups in total. The first kappa shape index (κ1) is 12.6. The minimum Gasteiger partial charge on any atom is -0.490 e. The van der Waals surface area contributed by atoms with Gasteiger partial charge in [-0.3, -0.25) is 0 Å². The fourth-order valence-corrected chi connectivity index (χ4v) is 2.06. The average molecular weight is 247 g/mol. The summed E-state index contributed by atoms with van der Waals surface area (Å²) in [4.78, 5) is 2.70. The molecular formula is C13H17N3O2. The predicted molar refractivity (Wildman–Crippen MR) is 69.0 cm³/mol. The molecule has 0 aliphatic carbocycles. The number of ether oxygens (including phenoxy) is 2. The van der Waals surface area contributed by atoms with Crippen LogP contribution >= 0.6 is 0 Å². The van der Waals surface area contributed by atoms with E-state index in [1.54, 1.807) is 0 Å². The molecule has 2 rings (SSSR count). The minimum absolute atomic E-state index is 0.160. The highest BCUT2D eigenvalue weighted by Crippen LogP contribution is 2.41. The van der Waals surface area contributed by atoms with Crippen LogP contribution in [-0.2, 0) is 6.42 Å². The lowest BCUT2D eigenvalue weighted by molar-refractivity contribution is 0.132. The SMILES string of the molecule is CC1(C)Cc2cccc(OCCCN=[N+]=[N-])c2O1. The zero-order valence-electron chi connectivity index (χ0n) is 10.7. The lowest BCUT2D eigenvalue weighted by Gasteiger charge is -2.18. The quantitative estimate of drug-likeness (QED) is 0.346. The number of nitrogens with zero attached hydrogens (tertiary/aromatic N) is 3. The van der Waals surface area contributed by atoms with Gasteiger partial charge in [-0.25, -0.2) is 0 Å². The van der Waals surface area contributed by atoms with Gasteiger partial charge in [0.2, 0.25) is 0 Å². The first-order chi connectivity index (χ1) is 8.62. The van der Waals surface area contributed by atoms with Crippen LogP contribution in [0, 0.1) is 0 Å². The Morgan fingerprint density at radius 1 is 1.50 bits per heavy atom. The summed E-state index contributed by atoms with van der Waals surface area (Å²) < 4.78 is 11.6. The molecule has 1 heterocycles. The van der Waals surface area contributed by atoms with Crippen molar-refractivity contribution in [1.82, 2.24) is 0 Å². The van der Waals surface area contributed by atoms with E-state index in [0.29, 0.717) is 19.6 Å². The average Bonchev–Trinajstić information content (AvgIpc) is 2.63. The summed E-state index contributed by atoms with van der Waals surface area (Å²) in [6.45, 7) is 5.12. The number of hydrogen-bond donors (Lipinski definition) is 0. The van der Waals surface area contributed by atoms with Gasteiger partial charge in [0.05, 0.1) is 6.61 Å². The third kappa shape index (κ3) is 2.87. The summed E-state index contributed by atoms with van der Waals surface area (Å²) in [6.07, 6.45) is 1.61. The minimum atomic E-state index is -0.160. The second-order valence-electron chi connectivity index (χ2n) is 4.94. The van der Waals surface area contributed by atoms with Crippen molar-refractivity contribution in [3.63, 3.8) is 0 Å². The van der Waals surface area contributed by atoms with E-state index in [0.717, 1.165) is 17.9 Å². The van der Waals surface area contributed by atoms with E-state index in [2.05, 4.69) is 29.9 Å². The highest BCUT2D eigenvalue weighted by Gasteiger charge is 2.32. The van der Waals surface area contributed by atoms with Crippen LogP contribution in [0.2, 0.25) is 0 Å². The lowest BCUT2D eigenvalue weighted by Crippen LogP contribution is -2.24. The van der Waals surface area contributed by atoms with Gasteiger partial charge >= 0.3 is 0 Å². The maximum Gasteiger partial charge on any atom is 0.165 e. The molecule has 0 amide bonds. The summed E-state index contributed by atoms with van der Waals surface area (Å²) in [5.41, 5.74) is 9.19. The van der Waals surface area contributed by atoms with Crippen molar-refractivity contribution >= 4 is 0 Å². The number of para-hydroxylation sites is 1. The third-order valence-electron chi connectivity index (χ3n) is 2.78. The van der Waals surface area contributed by atoms with Gasteiger partial charge in [0, 0.05) is 23.4 Å². The van der Waals surface area contributed by atoms with Gasteiger partial charge in [-0.2, -0.15) is 0 Å². The fraction of sp³-hybridized carbons (Fsp3) is 0.538. The largest absolute Gasteiger partial charge is 0.490 e. The Morgan fingerprint density at radius 3 is 3.11 bits per heavy atom. The second-order valence-corrected chi connectivity index (χ2v) is 4.94. The molecule has 18 heavy (non-hydrogen) atoms. The van der Waals surface area contributed by atoms with Crippen molar-refractivity contribution in [1.29, 1.82) is 0 Å². The van der Waals surface area contributed by atoms with E-state index in [1.807, 2.05) is 12.1 Å². The van der Waals surface area contributed by atoms with Gasteiger partial charge in [0.1, 0.15) is 5.60 Å². The van der Waals surface area contributed by atoms with Crippen molar-refractivity contribution in [2.75, 3.05) is 13.2 Å². The zero-order chi connectivity index (χ0) is 13.0. The Bertz CT molecular complexity index is 479. The van der Waals surface area contributed by atoms with Crippen LogP contribution in [0.15, 0.2) is 23.3 Å². The van der Waals surface area contributed by atoms with Crippen LogP contribution in [0.5, 0.6) is 11.5 Å². The normalized spacial score (nSPS) is 15.4. The molecule has 1 aliphatic rings. The van der Waals surface area contributed by atoms with E-state index >= 15 is 0 Å². The molecular weight excluding hydrogens is 230 g/mol. The molecule has 0 saturated carbocycles. The van der Waals surface area contributed by atoms with Crippen LogP contribution < -0.4 is 9.47 Å². The molecule has 1 aromatic carbocycles. The van der Waals surface area contributed by atoms with E-state index < -0.39 is 0 Å². The van der Waals surface area contributed by atoms with Crippen molar-refractivity contribution in [2.45, 2.75) is 32.3 Å². The molecule has 0 radical (unpaired) electrons. The fourth-order valence-electron chi connectivity index (χ4n) is 2.06. The van der Waals surface area contributed by atoms with Gasteiger partial charge in [0.25, 0.3) is 0 Å². The Labute approximate surface area is 106 Å². The van der Waals surface area contributed by atoms with Crippen molar-refractivity contribution < 1.29 is 9.47 Å². The maximum atomic E-state index is 8.16. The van der Waals surface area contributed by atoms with Gasteiger partial charge in [-0.1, -0.05) is 17.2 Å². The van der Waals surface area contributed by atoms with E-state index in [4.69, 9.17) is 15.0 Å². The molecule has 5 heteroatoms. The molecule has 0 saturated heterocycles. The number of hydrogen-bond acceptors (Lipinski definition) is 3. The van der Waals surface area contributed by atoms with E-state index in [1.165, 1.54) is 5.56 Å². The number of azide groups is 1. The van der Waals surface area contributed by atoms with E-state index in [-0.39, 0.29) is 5.60 Å². The Hall–Kier alpha value is -1.87. The zero-order valence-corrected chi connectivity index (χ0v) is 10.7. The number of fused-ring (bicyclic) bond motifs is 1. The van der Waals surface area contributed by atoms with Crippen molar-refractivity contribution in [3.05, 3.63) is 34.2 Å². The molecule has 0 aromatic heterocycles. The third-order valence-corrected chi connectivity index (χ3v) is 2.78. The maximum absolute atomic E-state index is 8.16. The lowest BCUT2D eigenvalue weighted by atomic mass is 10.0. The Balaban J connectivity index is 1.99. The van der Waals surface area contributed by atoms with Crippen LogP contribution in [0.4, 0.5) is 0 Å². The molecule has 96 valence electrons. The predicted octanol–water partition coefficient (Wildman–Crippen LogP) is 3.48. The molecule has 5 nitrogen and oxygen atoms in total. The van der Waals surface area contributed by atoms with Crippen molar-refractivity contribution in [2.24, 2.45) is 5.11 Å². The molecule has 0 fully saturated rings. The Morgan fingerprint density at radius 2 is 2.33 bits per heavy atom. The molecule has 0 unspecified atom stereocenters. The summed E-state index contributed by atoms with van der Waals surface area (Å²) in [6, 6.07) is 5.96. The van der Waals surface area contributed by atoms with Crippen LogP contribution in [0.3, 0.4) is 0 Å². The van der Waals surface area contributed by atoms with Crippen molar-refractivity contribution in [3.8, 4) is 11.5 Å². The highest BCUT2D eigenvalue weighted by molar-refractivity contribution is 5.50. The molecule has 1 aliphatic heterocycles. The molecule has 0 spiro atoms. The van der Waals surface area contributed by atoms with Crippen LogP contribution in [-0.4, -0.2) is 18.8 Å². The smallest absolute Gasteiger partial charge is 0.165 e. The molecule has 1 aromatic rings.